The Morgan fingerprint density at radius 2 is 1.00 bits per heavy atom. The zero-order valence-corrected chi connectivity index (χ0v) is 19.5. The molecule has 5 heteroatoms. The van der Waals surface area contributed by atoms with Gasteiger partial charge in [-0.3, -0.25) is 4.18 Å². The third kappa shape index (κ3) is 21.0. The fourth-order valence-corrected chi connectivity index (χ4v) is 3.78. The molecule has 0 unspecified atom stereocenters. The maximum absolute atomic E-state index is 11.3. The van der Waals surface area contributed by atoms with Gasteiger partial charge in [0, 0.05) is 0 Å². The molecule has 0 fully saturated rings. The van der Waals surface area contributed by atoms with Gasteiger partial charge < -0.3 is 1.43 Å². The van der Waals surface area contributed by atoms with Crippen LogP contribution < -0.4 is 29.6 Å². The molecule has 0 amide bonds. The first-order valence-corrected chi connectivity index (χ1v) is 11.6. The van der Waals surface area contributed by atoms with Gasteiger partial charge in [0.1, 0.15) is 0 Å². The Morgan fingerprint density at radius 3 is 1.38 bits per heavy atom. The molecule has 0 N–H and O–H groups in total. The summed E-state index contributed by atoms with van der Waals surface area (Å²) in [7, 11) is -3.25. The topological polar surface area (TPSA) is 43.4 Å². The van der Waals surface area contributed by atoms with Crippen molar-refractivity contribution in [2.75, 3.05) is 12.4 Å². The summed E-state index contributed by atoms with van der Waals surface area (Å²) in [6, 6.07) is 0. The number of rotatable bonds is 18. The van der Waals surface area contributed by atoms with Crippen molar-refractivity contribution in [3.8, 4) is 0 Å². The van der Waals surface area contributed by atoms with Crippen molar-refractivity contribution in [2.45, 2.75) is 110 Å². The summed E-state index contributed by atoms with van der Waals surface area (Å²) in [5, 5.41) is 0. The fraction of sp³-hybridized carbons (Fsp3) is 1.00. The van der Waals surface area contributed by atoms with Gasteiger partial charge in [0.15, 0.2) is 0 Å². The van der Waals surface area contributed by atoms with Gasteiger partial charge in [-0.1, -0.05) is 97.3 Å². The van der Waals surface area contributed by atoms with E-state index < -0.39 is 10.1 Å². The van der Waals surface area contributed by atoms with Crippen LogP contribution in [0.25, 0.3) is 0 Å². The zero-order chi connectivity index (χ0) is 17.2. The molecule has 0 aliphatic carbocycles. The molecular weight excluding hydrogens is 331 g/mol. The average molecular weight is 373 g/mol. The maximum Gasteiger partial charge on any atom is 1.00 e. The first-order valence-electron chi connectivity index (χ1n) is 9.99. The SMILES string of the molecule is CCCCCCCCCCCCCCCCOS(=O)(=O)CCC.[H-].[Na+]. The van der Waals surface area contributed by atoms with Crippen molar-refractivity contribution in [2.24, 2.45) is 0 Å². The summed E-state index contributed by atoms with van der Waals surface area (Å²) in [6.45, 7) is 4.48. The van der Waals surface area contributed by atoms with Crippen LogP contribution in [-0.4, -0.2) is 20.8 Å². The molecule has 142 valence electrons. The molecule has 0 saturated heterocycles. The van der Waals surface area contributed by atoms with E-state index >= 15 is 0 Å². The van der Waals surface area contributed by atoms with Crippen LogP contribution in [0.3, 0.4) is 0 Å². The fourth-order valence-electron chi connectivity index (χ4n) is 2.79. The third-order valence-corrected chi connectivity index (χ3v) is 5.65. The standard InChI is InChI=1S/C19H40O3S.Na.H/c1-3-5-6-7-8-9-10-11-12-13-14-15-16-17-18-22-23(20,21)19-4-2;;/h3-19H2,1-2H3;;/q;+1;-1. The first-order chi connectivity index (χ1) is 11.1. The Kier molecular flexibility index (Phi) is 22.9. The van der Waals surface area contributed by atoms with Crippen LogP contribution in [0, 0.1) is 0 Å². The quantitative estimate of drug-likeness (QED) is 0.211. The van der Waals surface area contributed by atoms with E-state index in [0.717, 1.165) is 12.8 Å². The van der Waals surface area contributed by atoms with E-state index in [1.54, 1.807) is 0 Å². The molecular formula is C19H41NaO3S. The molecule has 0 aromatic rings. The molecule has 3 nitrogen and oxygen atoms in total. The van der Waals surface area contributed by atoms with E-state index in [0.29, 0.717) is 13.0 Å². The summed E-state index contributed by atoms with van der Waals surface area (Å²) in [5.41, 5.74) is 0. The van der Waals surface area contributed by atoms with E-state index in [9.17, 15) is 8.42 Å². The van der Waals surface area contributed by atoms with Crippen LogP contribution in [0.2, 0.25) is 0 Å². The third-order valence-electron chi connectivity index (χ3n) is 4.21. The molecule has 0 aromatic heterocycles. The van der Waals surface area contributed by atoms with Crippen molar-refractivity contribution < 1.29 is 43.6 Å². The van der Waals surface area contributed by atoms with E-state index in [-0.39, 0.29) is 36.7 Å². The molecule has 0 aliphatic heterocycles. The summed E-state index contributed by atoms with van der Waals surface area (Å²) in [4.78, 5) is 0. The largest absolute Gasteiger partial charge is 1.00 e. The molecule has 0 aromatic carbocycles. The second kappa shape index (κ2) is 20.2. The van der Waals surface area contributed by atoms with Gasteiger partial charge >= 0.3 is 29.6 Å². The van der Waals surface area contributed by atoms with E-state index in [1.165, 1.54) is 77.0 Å². The molecule has 24 heavy (non-hydrogen) atoms. The van der Waals surface area contributed by atoms with Crippen LogP contribution in [0.1, 0.15) is 112 Å². The van der Waals surface area contributed by atoms with Crippen molar-refractivity contribution >= 4 is 10.1 Å². The van der Waals surface area contributed by atoms with Gasteiger partial charge in [0.05, 0.1) is 12.4 Å². The number of unbranched alkanes of at least 4 members (excludes halogenated alkanes) is 13. The maximum atomic E-state index is 11.3. The predicted molar refractivity (Wildman–Crippen MR) is 101 cm³/mol. The monoisotopic (exact) mass is 372 g/mol. The van der Waals surface area contributed by atoms with Crippen LogP contribution in [0.4, 0.5) is 0 Å². The first kappa shape index (κ1) is 27.1. The van der Waals surface area contributed by atoms with Gasteiger partial charge in [-0.2, -0.15) is 8.42 Å². The van der Waals surface area contributed by atoms with Crippen LogP contribution in [0.15, 0.2) is 0 Å². The molecule has 0 saturated carbocycles. The van der Waals surface area contributed by atoms with Crippen molar-refractivity contribution in [3.63, 3.8) is 0 Å². The normalized spacial score (nSPS) is 11.4. The van der Waals surface area contributed by atoms with Gasteiger partial charge in [-0.25, -0.2) is 0 Å². The minimum atomic E-state index is -3.25. The zero-order valence-electron chi connectivity index (χ0n) is 17.7. The summed E-state index contributed by atoms with van der Waals surface area (Å²) < 4.78 is 27.6. The molecule has 0 spiro atoms. The van der Waals surface area contributed by atoms with Gasteiger partial charge in [-0.05, 0) is 12.8 Å². The van der Waals surface area contributed by atoms with Gasteiger partial charge in [0.25, 0.3) is 10.1 Å². The summed E-state index contributed by atoms with van der Waals surface area (Å²) >= 11 is 0. The predicted octanol–water partition coefficient (Wildman–Crippen LogP) is 3.34. The minimum absolute atomic E-state index is 0. The molecule has 0 bridgehead atoms. The Hall–Kier alpha value is 0.910. The minimum Gasteiger partial charge on any atom is -1.00 e. The van der Waals surface area contributed by atoms with Gasteiger partial charge in [-0.15, -0.1) is 0 Å². The Morgan fingerprint density at radius 1 is 0.625 bits per heavy atom. The van der Waals surface area contributed by atoms with Crippen molar-refractivity contribution in [3.05, 3.63) is 0 Å². The second-order valence-corrected chi connectivity index (χ2v) is 8.44. The number of hydrogen-bond acceptors (Lipinski definition) is 3. The van der Waals surface area contributed by atoms with E-state index in [4.69, 9.17) is 4.18 Å². The van der Waals surface area contributed by atoms with Crippen LogP contribution in [0.5, 0.6) is 0 Å². The molecule has 0 rings (SSSR count). The Bertz CT molecular complexity index is 338. The van der Waals surface area contributed by atoms with Crippen molar-refractivity contribution in [1.82, 2.24) is 0 Å². The molecule has 0 heterocycles. The molecule has 0 atom stereocenters. The number of hydrogen-bond donors (Lipinski definition) is 0. The van der Waals surface area contributed by atoms with Gasteiger partial charge in [0.2, 0.25) is 0 Å². The van der Waals surface area contributed by atoms with E-state index in [1.807, 2.05) is 6.92 Å². The molecule has 0 aliphatic rings. The Labute approximate surface area is 175 Å². The Balaban J connectivity index is -0.00000242. The van der Waals surface area contributed by atoms with Crippen LogP contribution in [-0.2, 0) is 14.3 Å². The summed E-state index contributed by atoms with van der Waals surface area (Å²) in [6.07, 6.45) is 18.9. The average Bonchev–Trinajstić information content (AvgIpc) is 2.51. The van der Waals surface area contributed by atoms with Crippen LogP contribution >= 0.6 is 0 Å². The second-order valence-electron chi connectivity index (χ2n) is 6.68. The smallest absolute Gasteiger partial charge is 1.00 e. The van der Waals surface area contributed by atoms with Crippen molar-refractivity contribution in [1.29, 1.82) is 0 Å². The molecule has 0 radical (unpaired) electrons. The summed E-state index contributed by atoms with van der Waals surface area (Å²) in [5.74, 6) is 0.144. The van der Waals surface area contributed by atoms with E-state index in [2.05, 4.69) is 6.92 Å².